The largest absolute Gasteiger partial charge is 0.369 e. The number of aryl methyl sites for hydroxylation is 2. The van der Waals surface area contributed by atoms with E-state index in [0.717, 1.165) is 29.3 Å². The third kappa shape index (κ3) is 2.32. The normalized spacial score (nSPS) is 23.9. The molecule has 1 fully saturated rings. The first-order chi connectivity index (χ1) is 11.4. The smallest absolute Gasteiger partial charge is 0.274 e. The molecule has 24 heavy (non-hydrogen) atoms. The highest BCUT2D eigenvalue weighted by atomic mass is 16.5. The quantitative estimate of drug-likeness (QED) is 0.897. The lowest BCUT2D eigenvalue weighted by molar-refractivity contribution is -0.00709. The van der Waals surface area contributed by atoms with E-state index in [2.05, 4.69) is 20.3 Å². The zero-order chi connectivity index (χ0) is 17.0. The lowest BCUT2D eigenvalue weighted by Crippen LogP contribution is -2.51. The number of likely N-dealkylation sites (tertiary alicyclic amines) is 1. The van der Waals surface area contributed by atoms with E-state index < -0.39 is 0 Å². The van der Waals surface area contributed by atoms with Crippen LogP contribution in [0.4, 0.5) is 0 Å². The molecule has 1 saturated heterocycles. The first-order valence-corrected chi connectivity index (χ1v) is 8.35. The molecule has 0 radical (unpaired) electrons. The number of carbonyl (C=O) groups is 1. The van der Waals surface area contributed by atoms with Gasteiger partial charge >= 0.3 is 0 Å². The van der Waals surface area contributed by atoms with E-state index in [9.17, 15) is 4.79 Å². The molecular formula is C16H22N6O2. The molecule has 128 valence electrons. The van der Waals surface area contributed by atoms with Gasteiger partial charge < -0.3 is 9.64 Å². The molecule has 4 rings (SSSR count). The zero-order valence-corrected chi connectivity index (χ0v) is 14.4. The molecule has 2 aliphatic rings. The van der Waals surface area contributed by atoms with Gasteiger partial charge in [-0.05, 0) is 27.7 Å². The van der Waals surface area contributed by atoms with Crippen LogP contribution in [-0.4, -0.2) is 55.0 Å². The summed E-state index contributed by atoms with van der Waals surface area (Å²) >= 11 is 0. The molecule has 0 bridgehead atoms. The lowest BCUT2D eigenvalue weighted by Gasteiger charge is -2.39. The number of amides is 1. The van der Waals surface area contributed by atoms with E-state index in [1.807, 2.05) is 37.3 Å². The summed E-state index contributed by atoms with van der Waals surface area (Å²) in [6, 6.07) is 0.200. The molecule has 0 unspecified atom stereocenters. The summed E-state index contributed by atoms with van der Waals surface area (Å²) in [5.74, 6) is 1.64. The van der Waals surface area contributed by atoms with Gasteiger partial charge in [-0.3, -0.25) is 9.89 Å². The van der Waals surface area contributed by atoms with Crippen molar-refractivity contribution in [2.75, 3.05) is 13.1 Å². The van der Waals surface area contributed by atoms with Crippen LogP contribution in [0.1, 0.15) is 59.4 Å². The maximum Gasteiger partial charge on any atom is 0.274 e. The molecule has 0 aliphatic carbocycles. The minimum Gasteiger partial charge on any atom is -0.369 e. The number of H-pyrrole nitrogens is 1. The number of rotatable bonds is 2. The summed E-state index contributed by atoms with van der Waals surface area (Å²) in [6.45, 7) is 9.12. The number of hydrogen-bond acceptors (Lipinski definition) is 5. The Labute approximate surface area is 140 Å². The summed E-state index contributed by atoms with van der Waals surface area (Å²) < 4.78 is 7.70. The van der Waals surface area contributed by atoms with Gasteiger partial charge in [0.2, 0.25) is 0 Å². The van der Waals surface area contributed by atoms with Crippen LogP contribution in [0.15, 0.2) is 0 Å². The summed E-state index contributed by atoms with van der Waals surface area (Å²) in [5.41, 5.74) is 2.47. The second kappa shape index (κ2) is 5.41. The van der Waals surface area contributed by atoms with Crippen LogP contribution in [0.2, 0.25) is 0 Å². The van der Waals surface area contributed by atoms with Crippen molar-refractivity contribution in [1.82, 2.24) is 29.9 Å². The average molecular weight is 330 g/mol. The van der Waals surface area contributed by atoms with Crippen LogP contribution < -0.4 is 0 Å². The fourth-order valence-corrected chi connectivity index (χ4v) is 3.66. The number of hydrogen-bond donors (Lipinski definition) is 1. The maximum atomic E-state index is 12.8. The van der Waals surface area contributed by atoms with Gasteiger partial charge in [-0.2, -0.15) is 10.2 Å². The van der Waals surface area contributed by atoms with Crippen LogP contribution in [0.3, 0.4) is 0 Å². The molecule has 2 aliphatic heterocycles. The van der Waals surface area contributed by atoms with Crippen molar-refractivity contribution in [2.45, 2.75) is 52.4 Å². The molecule has 2 aromatic rings. The third-order valence-corrected chi connectivity index (χ3v) is 4.84. The monoisotopic (exact) mass is 330 g/mol. The average Bonchev–Trinajstić information content (AvgIpc) is 3.01. The highest BCUT2D eigenvalue weighted by Gasteiger charge is 2.37. The Morgan fingerprint density at radius 3 is 2.71 bits per heavy atom. The number of ether oxygens (including phenoxy) is 1. The van der Waals surface area contributed by atoms with Gasteiger partial charge in [0.15, 0.2) is 5.69 Å². The molecule has 4 heterocycles. The second-order valence-electron chi connectivity index (χ2n) is 6.77. The molecule has 1 amide bonds. The molecule has 8 heteroatoms. The second-order valence-corrected chi connectivity index (χ2v) is 6.77. The van der Waals surface area contributed by atoms with E-state index in [1.54, 1.807) is 0 Å². The van der Waals surface area contributed by atoms with Gasteiger partial charge in [0.25, 0.3) is 5.91 Å². The standard InChI is InChI=1S/C16H22N6O2/c1-8-5-13-14(9(2)24-8)18-19-15(13)16(23)21-6-12(7-21)22-11(4)17-10(3)20-22/h8-9,12H,5-7H2,1-4H3,(H,18,19)/t8-,9+/m1/s1. The summed E-state index contributed by atoms with van der Waals surface area (Å²) in [7, 11) is 0. The molecule has 1 N–H and O–H groups in total. The van der Waals surface area contributed by atoms with E-state index in [4.69, 9.17) is 4.74 Å². The molecule has 2 aromatic heterocycles. The number of aromatic nitrogens is 5. The number of aromatic amines is 1. The van der Waals surface area contributed by atoms with Crippen molar-refractivity contribution in [3.63, 3.8) is 0 Å². The molecular weight excluding hydrogens is 308 g/mol. The molecule has 0 spiro atoms. The fourth-order valence-electron chi connectivity index (χ4n) is 3.66. The Morgan fingerprint density at radius 1 is 1.29 bits per heavy atom. The molecule has 8 nitrogen and oxygen atoms in total. The van der Waals surface area contributed by atoms with Crippen LogP contribution in [0.25, 0.3) is 0 Å². The summed E-state index contributed by atoms with van der Waals surface area (Å²) in [4.78, 5) is 18.9. The SMILES string of the molecule is Cc1nc(C)n(C2CN(C(=O)c3n[nH]c4c3C[C@@H](C)O[C@H]4C)C2)n1. The van der Waals surface area contributed by atoms with Crippen molar-refractivity contribution in [2.24, 2.45) is 0 Å². The van der Waals surface area contributed by atoms with Gasteiger partial charge in [-0.1, -0.05) is 0 Å². The maximum absolute atomic E-state index is 12.8. The van der Waals surface area contributed by atoms with Crippen LogP contribution >= 0.6 is 0 Å². The highest BCUT2D eigenvalue weighted by molar-refractivity contribution is 5.94. The van der Waals surface area contributed by atoms with Crippen LogP contribution in [-0.2, 0) is 11.2 Å². The van der Waals surface area contributed by atoms with Crippen LogP contribution in [0, 0.1) is 13.8 Å². The fraction of sp³-hybridized carbons (Fsp3) is 0.625. The van der Waals surface area contributed by atoms with E-state index in [-0.39, 0.29) is 24.2 Å². The summed E-state index contributed by atoms with van der Waals surface area (Å²) in [6.07, 6.45) is 0.764. The molecule has 0 aromatic carbocycles. The first-order valence-electron chi connectivity index (χ1n) is 8.35. The van der Waals surface area contributed by atoms with Gasteiger partial charge in [0.1, 0.15) is 11.6 Å². The topological polar surface area (TPSA) is 88.9 Å². The predicted octanol–water partition coefficient (Wildman–Crippen LogP) is 1.34. The van der Waals surface area contributed by atoms with E-state index in [1.165, 1.54) is 0 Å². The number of nitrogens with one attached hydrogen (secondary N) is 1. The zero-order valence-electron chi connectivity index (χ0n) is 14.4. The van der Waals surface area contributed by atoms with Gasteiger partial charge in [-0.15, -0.1) is 0 Å². The van der Waals surface area contributed by atoms with Crippen molar-refractivity contribution in [3.8, 4) is 0 Å². The Kier molecular flexibility index (Phi) is 3.45. The third-order valence-electron chi connectivity index (χ3n) is 4.84. The Bertz CT molecular complexity index is 789. The van der Waals surface area contributed by atoms with Crippen molar-refractivity contribution < 1.29 is 9.53 Å². The van der Waals surface area contributed by atoms with Crippen molar-refractivity contribution >= 4 is 5.91 Å². The minimum absolute atomic E-state index is 0.0143. The van der Waals surface area contributed by atoms with Gasteiger partial charge in [-0.25, -0.2) is 9.67 Å². The summed E-state index contributed by atoms with van der Waals surface area (Å²) in [5, 5.41) is 11.7. The van der Waals surface area contributed by atoms with Crippen molar-refractivity contribution in [3.05, 3.63) is 28.6 Å². The Hall–Kier alpha value is -2.22. The Balaban J connectivity index is 1.50. The number of carbonyl (C=O) groups excluding carboxylic acids is 1. The number of nitrogens with zero attached hydrogens (tertiary/aromatic N) is 5. The first kappa shape index (κ1) is 15.3. The highest BCUT2D eigenvalue weighted by Crippen LogP contribution is 2.32. The molecule has 0 saturated carbocycles. The van der Waals surface area contributed by atoms with E-state index >= 15 is 0 Å². The Morgan fingerprint density at radius 2 is 2.04 bits per heavy atom. The minimum atomic E-state index is -0.0530. The predicted molar refractivity (Wildman–Crippen MR) is 85.7 cm³/mol. The lowest BCUT2D eigenvalue weighted by atomic mass is 9.98. The van der Waals surface area contributed by atoms with Crippen LogP contribution in [0.5, 0.6) is 0 Å². The van der Waals surface area contributed by atoms with Gasteiger partial charge in [0, 0.05) is 25.1 Å². The molecule has 2 atom stereocenters. The number of fused-ring (bicyclic) bond motifs is 1. The van der Waals surface area contributed by atoms with E-state index in [0.29, 0.717) is 18.8 Å². The van der Waals surface area contributed by atoms with Gasteiger partial charge in [0.05, 0.1) is 23.9 Å². The van der Waals surface area contributed by atoms with Crippen molar-refractivity contribution in [1.29, 1.82) is 0 Å².